The zero-order valence-electron chi connectivity index (χ0n) is 11.8. The van der Waals surface area contributed by atoms with E-state index in [0.717, 1.165) is 5.69 Å². The summed E-state index contributed by atoms with van der Waals surface area (Å²) in [5, 5.41) is 14.0. The summed E-state index contributed by atoms with van der Waals surface area (Å²) in [6.45, 7) is 10.9. The monoisotopic (exact) mass is 253 g/mol. The standard InChI is InChI=1S/C12H23N5O/c1-9(2)14-11(18)7-13-6-10-8-17(16-15-10)12(3,4)5/h8-9,13H,6-7H2,1-5H3,(H,14,18). The zero-order chi connectivity index (χ0) is 13.8. The van der Waals surface area contributed by atoms with Crippen LogP contribution < -0.4 is 10.6 Å². The Labute approximate surface area is 108 Å². The van der Waals surface area contributed by atoms with Gasteiger partial charge in [0.2, 0.25) is 5.91 Å². The summed E-state index contributed by atoms with van der Waals surface area (Å²) in [4.78, 5) is 11.4. The van der Waals surface area contributed by atoms with E-state index in [1.807, 2.05) is 24.7 Å². The Balaban J connectivity index is 2.36. The molecule has 0 fully saturated rings. The Morgan fingerprint density at radius 2 is 2.11 bits per heavy atom. The van der Waals surface area contributed by atoms with Gasteiger partial charge in [-0.3, -0.25) is 4.79 Å². The Morgan fingerprint density at radius 1 is 1.44 bits per heavy atom. The van der Waals surface area contributed by atoms with Crippen LogP contribution in [0.25, 0.3) is 0 Å². The van der Waals surface area contributed by atoms with Crippen molar-refractivity contribution in [1.82, 2.24) is 25.6 Å². The second kappa shape index (κ2) is 5.95. The molecule has 0 unspecified atom stereocenters. The second-order valence-electron chi connectivity index (χ2n) is 5.65. The molecule has 0 bridgehead atoms. The van der Waals surface area contributed by atoms with Crippen LogP contribution in [0.4, 0.5) is 0 Å². The fourth-order valence-electron chi connectivity index (χ4n) is 1.38. The quantitative estimate of drug-likeness (QED) is 0.808. The molecular formula is C12H23N5O. The number of aromatic nitrogens is 3. The molecule has 0 aromatic carbocycles. The van der Waals surface area contributed by atoms with Gasteiger partial charge in [0, 0.05) is 12.6 Å². The number of amides is 1. The number of hydrogen-bond acceptors (Lipinski definition) is 4. The lowest BCUT2D eigenvalue weighted by Gasteiger charge is -2.17. The number of nitrogens with zero attached hydrogens (tertiary/aromatic N) is 3. The van der Waals surface area contributed by atoms with Crippen LogP contribution in [0.5, 0.6) is 0 Å². The maximum atomic E-state index is 11.4. The van der Waals surface area contributed by atoms with Gasteiger partial charge in [0.25, 0.3) is 0 Å². The Bertz CT molecular complexity index is 391. The molecule has 6 heteroatoms. The molecule has 0 atom stereocenters. The molecule has 102 valence electrons. The maximum Gasteiger partial charge on any atom is 0.234 e. The van der Waals surface area contributed by atoms with Gasteiger partial charge in [-0.15, -0.1) is 5.10 Å². The van der Waals surface area contributed by atoms with Crippen molar-refractivity contribution in [3.05, 3.63) is 11.9 Å². The van der Waals surface area contributed by atoms with Crippen LogP contribution in [-0.2, 0) is 16.9 Å². The van der Waals surface area contributed by atoms with E-state index in [-0.39, 0.29) is 17.5 Å². The van der Waals surface area contributed by atoms with Gasteiger partial charge in [0.1, 0.15) is 0 Å². The molecule has 0 radical (unpaired) electrons. The molecule has 0 saturated heterocycles. The highest BCUT2D eigenvalue weighted by Crippen LogP contribution is 2.11. The van der Waals surface area contributed by atoms with Crippen LogP contribution in [0.3, 0.4) is 0 Å². The highest BCUT2D eigenvalue weighted by molar-refractivity contribution is 5.78. The largest absolute Gasteiger partial charge is 0.353 e. The summed E-state index contributed by atoms with van der Waals surface area (Å²) in [6, 6.07) is 0.168. The molecule has 2 N–H and O–H groups in total. The van der Waals surface area contributed by atoms with Crippen molar-refractivity contribution >= 4 is 5.91 Å². The van der Waals surface area contributed by atoms with Crippen LogP contribution in [-0.4, -0.2) is 33.5 Å². The van der Waals surface area contributed by atoms with Gasteiger partial charge in [-0.05, 0) is 34.6 Å². The lowest BCUT2D eigenvalue weighted by Crippen LogP contribution is -2.37. The van der Waals surface area contributed by atoms with E-state index in [1.165, 1.54) is 0 Å². The fraction of sp³-hybridized carbons (Fsp3) is 0.750. The third-order valence-electron chi connectivity index (χ3n) is 2.27. The highest BCUT2D eigenvalue weighted by Gasteiger charge is 2.14. The van der Waals surface area contributed by atoms with Crippen molar-refractivity contribution in [2.75, 3.05) is 6.54 Å². The van der Waals surface area contributed by atoms with E-state index in [0.29, 0.717) is 13.1 Å². The van der Waals surface area contributed by atoms with Gasteiger partial charge >= 0.3 is 0 Å². The van der Waals surface area contributed by atoms with E-state index >= 15 is 0 Å². The lowest BCUT2D eigenvalue weighted by atomic mass is 10.1. The normalized spacial score (nSPS) is 11.9. The molecule has 1 amide bonds. The zero-order valence-corrected chi connectivity index (χ0v) is 11.8. The van der Waals surface area contributed by atoms with E-state index in [9.17, 15) is 4.79 Å². The fourth-order valence-corrected chi connectivity index (χ4v) is 1.38. The van der Waals surface area contributed by atoms with Gasteiger partial charge in [0.05, 0.1) is 24.0 Å². The summed E-state index contributed by atoms with van der Waals surface area (Å²) in [5.41, 5.74) is 0.766. The second-order valence-corrected chi connectivity index (χ2v) is 5.65. The predicted octanol–water partition coefficient (Wildman–Crippen LogP) is 0.647. The SMILES string of the molecule is CC(C)NC(=O)CNCc1cn(C(C)(C)C)nn1. The minimum absolute atomic E-state index is 0.00628. The lowest BCUT2D eigenvalue weighted by molar-refractivity contribution is -0.120. The molecule has 1 heterocycles. The minimum Gasteiger partial charge on any atom is -0.353 e. The summed E-state index contributed by atoms with van der Waals surface area (Å²) in [5.74, 6) is -0.00628. The Morgan fingerprint density at radius 3 is 2.61 bits per heavy atom. The van der Waals surface area contributed by atoms with E-state index < -0.39 is 0 Å². The van der Waals surface area contributed by atoms with Crippen LogP contribution in [0, 0.1) is 0 Å². The third-order valence-corrected chi connectivity index (χ3v) is 2.27. The van der Waals surface area contributed by atoms with Crippen LogP contribution in [0.15, 0.2) is 6.20 Å². The number of rotatable bonds is 5. The average molecular weight is 253 g/mol. The molecule has 1 rings (SSSR count). The van der Waals surface area contributed by atoms with Crippen molar-refractivity contribution < 1.29 is 4.79 Å². The van der Waals surface area contributed by atoms with E-state index in [1.54, 1.807) is 0 Å². The van der Waals surface area contributed by atoms with Crippen molar-refractivity contribution in [2.24, 2.45) is 0 Å². The molecular weight excluding hydrogens is 230 g/mol. The third kappa shape index (κ3) is 4.83. The molecule has 0 aliphatic rings. The number of carbonyl (C=O) groups is 1. The van der Waals surface area contributed by atoms with E-state index in [2.05, 4.69) is 41.7 Å². The molecule has 6 nitrogen and oxygen atoms in total. The number of hydrogen-bond donors (Lipinski definition) is 2. The van der Waals surface area contributed by atoms with Gasteiger partial charge in [-0.2, -0.15) is 0 Å². The predicted molar refractivity (Wildman–Crippen MR) is 70.0 cm³/mol. The minimum atomic E-state index is -0.0692. The summed E-state index contributed by atoms with van der Waals surface area (Å²) in [6.07, 6.45) is 1.90. The first-order chi connectivity index (χ1) is 8.29. The maximum absolute atomic E-state index is 11.4. The Hall–Kier alpha value is -1.43. The van der Waals surface area contributed by atoms with Crippen LogP contribution in [0.1, 0.15) is 40.3 Å². The summed E-state index contributed by atoms with van der Waals surface area (Å²) in [7, 11) is 0. The summed E-state index contributed by atoms with van der Waals surface area (Å²) < 4.78 is 1.82. The van der Waals surface area contributed by atoms with Crippen LogP contribution >= 0.6 is 0 Å². The molecule has 0 aliphatic heterocycles. The highest BCUT2D eigenvalue weighted by atomic mass is 16.1. The van der Waals surface area contributed by atoms with Gasteiger partial charge in [-0.25, -0.2) is 4.68 Å². The summed E-state index contributed by atoms with van der Waals surface area (Å²) >= 11 is 0. The first kappa shape index (κ1) is 14.6. The van der Waals surface area contributed by atoms with Crippen molar-refractivity contribution in [3.63, 3.8) is 0 Å². The first-order valence-electron chi connectivity index (χ1n) is 6.21. The molecule has 0 spiro atoms. The number of carbonyl (C=O) groups excluding carboxylic acids is 1. The Kier molecular flexibility index (Phi) is 4.84. The van der Waals surface area contributed by atoms with Crippen LogP contribution in [0.2, 0.25) is 0 Å². The average Bonchev–Trinajstić information content (AvgIpc) is 2.64. The molecule has 0 saturated carbocycles. The molecule has 1 aromatic heterocycles. The van der Waals surface area contributed by atoms with Crippen molar-refractivity contribution in [3.8, 4) is 0 Å². The van der Waals surface area contributed by atoms with Gasteiger partial charge in [0.15, 0.2) is 0 Å². The van der Waals surface area contributed by atoms with E-state index in [4.69, 9.17) is 0 Å². The molecule has 1 aromatic rings. The molecule has 18 heavy (non-hydrogen) atoms. The smallest absolute Gasteiger partial charge is 0.234 e. The van der Waals surface area contributed by atoms with Crippen molar-refractivity contribution in [2.45, 2.75) is 52.7 Å². The first-order valence-corrected chi connectivity index (χ1v) is 6.21. The molecule has 0 aliphatic carbocycles. The van der Waals surface area contributed by atoms with Crippen molar-refractivity contribution in [1.29, 1.82) is 0 Å². The van der Waals surface area contributed by atoms with Gasteiger partial charge < -0.3 is 10.6 Å². The van der Waals surface area contributed by atoms with Gasteiger partial charge in [-0.1, -0.05) is 5.21 Å². The topological polar surface area (TPSA) is 71.8 Å². The number of nitrogens with one attached hydrogen (secondary N) is 2.